The van der Waals surface area contributed by atoms with Gasteiger partial charge in [-0.15, -0.1) is 0 Å². The SMILES string of the molecule is CCCNC(Cc1cc(F)cc(Br)c1)CC1CCCO1. The van der Waals surface area contributed by atoms with Gasteiger partial charge in [0.05, 0.1) is 6.10 Å². The minimum atomic E-state index is -0.180. The zero-order valence-corrected chi connectivity index (χ0v) is 13.6. The number of halogens is 2. The van der Waals surface area contributed by atoms with Crippen molar-refractivity contribution in [2.45, 2.75) is 51.2 Å². The summed E-state index contributed by atoms with van der Waals surface area (Å²) in [5, 5.41) is 3.57. The van der Waals surface area contributed by atoms with Crippen molar-refractivity contribution in [2.24, 2.45) is 0 Å². The van der Waals surface area contributed by atoms with Crippen LogP contribution in [0.1, 0.15) is 38.2 Å². The number of benzene rings is 1. The van der Waals surface area contributed by atoms with Crippen molar-refractivity contribution in [3.63, 3.8) is 0 Å². The lowest BCUT2D eigenvalue weighted by Crippen LogP contribution is -2.35. The molecule has 2 rings (SSSR count). The van der Waals surface area contributed by atoms with Crippen LogP contribution < -0.4 is 5.32 Å². The molecule has 1 aromatic rings. The molecule has 2 nitrogen and oxygen atoms in total. The van der Waals surface area contributed by atoms with Gasteiger partial charge in [-0.1, -0.05) is 22.9 Å². The second-order valence-corrected chi connectivity index (χ2v) is 6.42. The second-order valence-electron chi connectivity index (χ2n) is 5.50. The van der Waals surface area contributed by atoms with Gasteiger partial charge in [0, 0.05) is 17.1 Å². The van der Waals surface area contributed by atoms with E-state index in [1.54, 1.807) is 6.07 Å². The van der Waals surface area contributed by atoms with Gasteiger partial charge < -0.3 is 10.1 Å². The van der Waals surface area contributed by atoms with Gasteiger partial charge in [0.15, 0.2) is 0 Å². The van der Waals surface area contributed by atoms with E-state index in [9.17, 15) is 4.39 Å². The third kappa shape index (κ3) is 5.15. The Balaban J connectivity index is 1.97. The van der Waals surface area contributed by atoms with Gasteiger partial charge in [0.2, 0.25) is 0 Å². The van der Waals surface area contributed by atoms with Crippen LogP contribution in [-0.4, -0.2) is 25.3 Å². The molecule has 1 aromatic carbocycles. The number of hydrogen-bond acceptors (Lipinski definition) is 2. The molecule has 0 spiro atoms. The summed E-state index contributed by atoms with van der Waals surface area (Å²) < 4.78 is 20.0. The van der Waals surface area contributed by atoms with Crippen molar-refractivity contribution in [3.8, 4) is 0 Å². The number of hydrogen-bond donors (Lipinski definition) is 1. The van der Waals surface area contributed by atoms with E-state index in [-0.39, 0.29) is 5.82 Å². The monoisotopic (exact) mass is 343 g/mol. The minimum Gasteiger partial charge on any atom is -0.378 e. The van der Waals surface area contributed by atoms with Crippen LogP contribution in [0.5, 0.6) is 0 Å². The highest BCUT2D eigenvalue weighted by Crippen LogP contribution is 2.21. The maximum Gasteiger partial charge on any atom is 0.124 e. The van der Waals surface area contributed by atoms with Crippen LogP contribution in [-0.2, 0) is 11.2 Å². The lowest BCUT2D eigenvalue weighted by molar-refractivity contribution is 0.0946. The molecule has 0 aromatic heterocycles. The molecule has 1 heterocycles. The summed E-state index contributed by atoms with van der Waals surface area (Å²) in [6.07, 6.45) is 5.63. The Hall–Kier alpha value is -0.450. The summed E-state index contributed by atoms with van der Waals surface area (Å²) >= 11 is 3.36. The maximum atomic E-state index is 13.5. The molecular weight excluding hydrogens is 321 g/mol. The summed E-state index contributed by atoms with van der Waals surface area (Å²) in [5.74, 6) is -0.180. The summed E-state index contributed by atoms with van der Waals surface area (Å²) in [6, 6.07) is 5.48. The van der Waals surface area contributed by atoms with Crippen molar-refractivity contribution in [1.29, 1.82) is 0 Å². The molecule has 20 heavy (non-hydrogen) atoms. The van der Waals surface area contributed by atoms with Gasteiger partial charge in [-0.2, -0.15) is 0 Å². The fourth-order valence-corrected chi connectivity index (χ4v) is 3.26. The van der Waals surface area contributed by atoms with E-state index in [0.29, 0.717) is 12.1 Å². The first-order valence-corrected chi connectivity index (χ1v) is 8.26. The zero-order chi connectivity index (χ0) is 14.4. The first kappa shape index (κ1) is 15.9. The first-order chi connectivity index (χ1) is 9.67. The molecule has 0 radical (unpaired) electrons. The molecule has 0 aliphatic carbocycles. The van der Waals surface area contributed by atoms with Gasteiger partial charge in [0.25, 0.3) is 0 Å². The Morgan fingerprint density at radius 2 is 2.30 bits per heavy atom. The predicted octanol–water partition coefficient (Wildman–Crippen LogP) is 4.07. The van der Waals surface area contributed by atoms with Crippen molar-refractivity contribution in [2.75, 3.05) is 13.2 Å². The Morgan fingerprint density at radius 1 is 1.45 bits per heavy atom. The Labute approximate surface area is 129 Å². The fourth-order valence-electron chi connectivity index (χ4n) is 2.75. The molecule has 112 valence electrons. The van der Waals surface area contributed by atoms with Crippen LogP contribution in [0.4, 0.5) is 4.39 Å². The lowest BCUT2D eigenvalue weighted by atomic mass is 9.99. The van der Waals surface area contributed by atoms with E-state index in [4.69, 9.17) is 4.74 Å². The molecule has 1 aliphatic heterocycles. The molecule has 1 N–H and O–H groups in total. The highest BCUT2D eigenvalue weighted by Gasteiger charge is 2.21. The van der Waals surface area contributed by atoms with Gasteiger partial charge >= 0.3 is 0 Å². The van der Waals surface area contributed by atoms with Crippen molar-refractivity contribution >= 4 is 15.9 Å². The van der Waals surface area contributed by atoms with Crippen LogP contribution in [0.25, 0.3) is 0 Å². The minimum absolute atomic E-state index is 0.180. The molecule has 0 saturated carbocycles. The average Bonchev–Trinajstić information content (AvgIpc) is 2.87. The molecule has 2 unspecified atom stereocenters. The summed E-state index contributed by atoms with van der Waals surface area (Å²) in [7, 11) is 0. The van der Waals surface area contributed by atoms with E-state index in [0.717, 1.165) is 55.3 Å². The van der Waals surface area contributed by atoms with Crippen LogP contribution >= 0.6 is 15.9 Å². The van der Waals surface area contributed by atoms with Gasteiger partial charge in [0.1, 0.15) is 5.82 Å². The molecule has 1 fully saturated rings. The van der Waals surface area contributed by atoms with Crippen LogP contribution in [0.2, 0.25) is 0 Å². The summed E-state index contributed by atoms with van der Waals surface area (Å²) in [6.45, 7) is 4.04. The largest absolute Gasteiger partial charge is 0.378 e. The smallest absolute Gasteiger partial charge is 0.124 e. The highest BCUT2D eigenvalue weighted by atomic mass is 79.9. The van der Waals surface area contributed by atoms with Crippen molar-refractivity contribution in [1.82, 2.24) is 5.32 Å². The molecule has 2 atom stereocenters. The van der Waals surface area contributed by atoms with Crippen LogP contribution in [0.15, 0.2) is 22.7 Å². The maximum absolute atomic E-state index is 13.5. The predicted molar refractivity (Wildman–Crippen MR) is 83.5 cm³/mol. The number of ether oxygens (including phenoxy) is 1. The molecule has 0 amide bonds. The normalized spacial score (nSPS) is 20.2. The number of nitrogens with one attached hydrogen (secondary N) is 1. The molecule has 1 aliphatic rings. The third-order valence-electron chi connectivity index (χ3n) is 3.66. The lowest BCUT2D eigenvalue weighted by Gasteiger charge is -2.22. The number of rotatable bonds is 7. The topological polar surface area (TPSA) is 21.3 Å². The Morgan fingerprint density at radius 3 is 2.95 bits per heavy atom. The molecular formula is C16H23BrFNO. The zero-order valence-electron chi connectivity index (χ0n) is 12.0. The van der Waals surface area contributed by atoms with Gasteiger partial charge in [-0.25, -0.2) is 4.39 Å². The van der Waals surface area contributed by atoms with E-state index in [1.807, 2.05) is 6.07 Å². The van der Waals surface area contributed by atoms with Crippen LogP contribution in [0.3, 0.4) is 0 Å². The van der Waals surface area contributed by atoms with Crippen molar-refractivity contribution in [3.05, 3.63) is 34.1 Å². The highest BCUT2D eigenvalue weighted by molar-refractivity contribution is 9.10. The van der Waals surface area contributed by atoms with E-state index < -0.39 is 0 Å². The summed E-state index contributed by atoms with van der Waals surface area (Å²) in [5.41, 5.74) is 1.03. The fraction of sp³-hybridized carbons (Fsp3) is 0.625. The van der Waals surface area contributed by atoms with E-state index in [1.165, 1.54) is 6.07 Å². The van der Waals surface area contributed by atoms with E-state index >= 15 is 0 Å². The molecule has 0 bridgehead atoms. The summed E-state index contributed by atoms with van der Waals surface area (Å²) in [4.78, 5) is 0. The van der Waals surface area contributed by atoms with Crippen LogP contribution in [0, 0.1) is 5.82 Å². The standard InChI is InChI=1S/C16H23BrFNO/c1-2-5-19-15(11-16-4-3-6-20-16)9-12-7-13(17)10-14(18)8-12/h7-8,10,15-16,19H,2-6,9,11H2,1H3. The Bertz CT molecular complexity index is 401. The quantitative estimate of drug-likeness (QED) is 0.805. The third-order valence-corrected chi connectivity index (χ3v) is 4.12. The second kappa shape index (κ2) is 8.11. The molecule has 4 heteroatoms. The van der Waals surface area contributed by atoms with Crippen molar-refractivity contribution < 1.29 is 9.13 Å². The van der Waals surface area contributed by atoms with Gasteiger partial charge in [-0.05, 0) is 62.4 Å². The average molecular weight is 344 g/mol. The van der Waals surface area contributed by atoms with Gasteiger partial charge in [-0.3, -0.25) is 0 Å². The molecule has 1 saturated heterocycles. The first-order valence-electron chi connectivity index (χ1n) is 7.47. The van der Waals surface area contributed by atoms with E-state index in [2.05, 4.69) is 28.2 Å². The Kier molecular flexibility index (Phi) is 6.46.